The standard InChI is InChI=1S/C15H31N3O/c1-12(2)17-7-6-15(9-16,11-17)18-8-13(3)19-14(4,5)10-18/h12-13H,6-11,16H2,1-5H3. The number of hydrogen-bond donors (Lipinski definition) is 1. The van der Waals surface area contributed by atoms with Crippen LogP contribution in [0.5, 0.6) is 0 Å². The molecule has 19 heavy (non-hydrogen) atoms. The Morgan fingerprint density at radius 3 is 2.47 bits per heavy atom. The van der Waals surface area contributed by atoms with Crippen molar-refractivity contribution in [1.82, 2.24) is 9.80 Å². The zero-order chi connectivity index (χ0) is 14.3. The molecule has 2 aliphatic heterocycles. The van der Waals surface area contributed by atoms with Crippen LogP contribution in [0.25, 0.3) is 0 Å². The van der Waals surface area contributed by atoms with Gasteiger partial charge in [0.15, 0.2) is 0 Å². The summed E-state index contributed by atoms with van der Waals surface area (Å²) in [6.45, 7) is 16.1. The average molecular weight is 269 g/mol. The van der Waals surface area contributed by atoms with Crippen LogP contribution < -0.4 is 5.73 Å². The maximum Gasteiger partial charge on any atom is 0.0757 e. The van der Waals surface area contributed by atoms with Gasteiger partial charge in [-0.2, -0.15) is 0 Å². The van der Waals surface area contributed by atoms with Gasteiger partial charge in [-0.25, -0.2) is 0 Å². The van der Waals surface area contributed by atoms with Crippen molar-refractivity contribution in [2.24, 2.45) is 5.73 Å². The van der Waals surface area contributed by atoms with E-state index in [0.29, 0.717) is 12.1 Å². The summed E-state index contributed by atoms with van der Waals surface area (Å²) in [5.74, 6) is 0. The van der Waals surface area contributed by atoms with Gasteiger partial charge in [0.1, 0.15) is 0 Å². The molecule has 112 valence electrons. The van der Waals surface area contributed by atoms with Gasteiger partial charge in [0.2, 0.25) is 0 Å². The lowest BCUT2D eigenvalue weighted by atomic mass is 9.92. The highest BCUT2D eigenvalue weighted by Gasteiger charge is 2.46. The van der Waals surface area contributed by atoms with Crippen molar-refractivity contribution >= 4 is 0 Å². The molecule has 0 aromatic rings. The molecule has 4 nitrogen and oxygen atoms in total. The van der Waals surface area contributed by atoms with Crippen molar-refractivity contribution in [3.63, 3.8) is 0 Å². The first-order valence-electron chi connectivity index (χ1n) is 7.65. The Balaban J connectivity index is 2.13. The summed E-state index contributed by atoms with van der Waals surface area (Å²) in [5.41, 5.74) is 6.27. The SMILES string of the molecule is CC1CN(C2(CN)CCN(C(C)C)C2)CC(C)(C)O1. The summed E-state index contributed by atoms with van der Waals surface area (Å²) >= 11 is 0. The Kier molecular flexibility index (Phi) is 4.26. The summed E-state index contributed by atoms with van der Waals surface area (Å²) in [6.07, 6.45) is 1.48. The molecule has 0 amide bonds. The summed E-state index contributed by atoms with van der Waals surface area (Å²) in [5, 5.41) is 0. The number of morpholine rings is 1. The molecule has 2 N–H and O–H groups in total. The van der Waals surface area contributed by atoms with E-state index in [9.17, 15) is 0 Å². The van der Waals surface area contributed by atoms with E-state index in [4.69, 9.17) is 10.5 Å². The first-order valence-corrected chi connectivity index (χ1v) is 7.65. The Hall–Kier alpha value is -0.160. The van der Waals surface area contributed by atoms with E-state index in [2.05, 4.69) is 44.4 Å². The van der Waals surface area contributed by atoms with Crippen LogP contribution >= 0.6 is 0 Å². The van der Waals surface area contributed by atoms with Crippen molar-refractivity contribution < 1.29 is 4.74 Å². The van der Waals surface area contributed by atoms with Crippen molar-refractivity contribution in [3.05, 3.63) is 0 Å². The van der Waals surface area contributed by atoms with E-state index in [1.54, 1.807) is 0 Å². The molecule has 2 unspecified atom stereocenters. The lowest BCUT2D eigenvalue weighted by Crippen LogP contribution is -2.64. The fourth-order valence-corrected chi connectivity index (χ4v) is 3.70. The smallest absolute Gasteiger partial charge is 0.0757 e. The molecule has 2 aliphatic rings. The molecule has 0 radical (unpaired) electrons. The maximum absolute atomic E-state index is 6.19. The van der Waals surface area contributed by atoms with Crippen LogP contribution in [0.1, 0.15) is 41.0 Å². The van der Waals surface area contributed by atoms with E-state index >= 15 is 0 Å². The van der Waals surface area contributed by atoms with E-state index < -0.39 is 0 Å². The van der Waals surface area contributed by atoms with Gasteiger partial charge in [-0.05, 0) is 41.0 Å². The van der Waals surface area contributed by atoms with Crippen molar-refractivity contribution in [2.45, 2.75) is 64.3 Å². The second-order valence-corrected chi connectivity index (χ2v) is 7.31. The molecule has 0 aromatic carbocycles. The fourth-order valence-electron chi connectivity index (χ4n) is 3.70. The molecule has 0 saturated carbocycles. The van der Waals surface area contributed by atoms with Crippen LogP contribution in [-0.4, -0.2) is 65.8 Å². The molecule has 2 atom stereocenters. The largest absolute Gasteiger partial charge is 0.370 e. The molecule has 2 fully saturated rings. The number of ether oxygens (including phenoxy) is 1. The van der Waals surface area contributed by atoms with Crippen LogP contribution in [0.15, 0.2) is 0 Å². The molecule has 0 aromatic heterocycles. The van der Waals surface area contributed by atoms with Gasteiger partial charge in [-0.1, -0.05) is 0 Å². The topological polar surface area (TPSA) is 41.7 Å². The van der Waals surface area contributed by atoms with E-state index in [1.165, 1.54) is 13.0 Å². The molecule has 2 rings (SSSR count). The first-order chi connectivity index (χ1) is 8.78. The molecule has 2 saturated heterocycles. The average Bonchev–Trinajstić information content (AvgIpc) is 2.71. The lowest BCUT2D eigenvalue weighted by molar-refractivity contribution is -0.151. The Morgan fingerprint density at radius 1 is 1.32 bits per heavy atom. The van der Waals surface area contributed by atoms with E-state index in [-0.39, 0.29) is 11.1 Å². The maximum atomic E-state index is 6.19. The zero-order valence-corrected chi connectivity index (χ0v) is 13.3. The van der Waals surface area contributed by atoms with Crippen LogP contribution in [0.4, 0.5) is 0 Å². The minimum absolute atomic E-state index is 0.0644. The summed E-state index contributed by atoms with van der Waals surface area (Å²) < 4.78 is 6.03. The predicted molar refractivity (Wildman–Crippen MR) is 79.3 cm³/mol. The predicted octanol–water partition coefficient (Wildman–Crippen LogP) is 1.30. The molecule has 0 bridgehead atoms. The number of nitrogens with two attached hydrogens (primary N) is 1. The van der Waals surface area contributed by atoms with Crippen LogP contribution in [0, 0.1) is 0 Å². The molecular weight excluding hydrogens is 238 g/mol. The van der Waals surface area contributed by atoms with Gasteiger partial charge < -0.3 is 10.5 Å². The monoisotopic (exact) mass is 269 g/mol. The Morgan fingerprint density at radius 2 is 2.00 bits per heavy atom. The van der Waals surface area contributed by atoms with Gasteiger partial charge in [0, 0.05) is 44.3 Å². The molecule has 0 aliphatic carbocycles. The zero-order valence-electron chi connectivity index (χ0n) is 13.3. The highest BCUT2D eigenvalue weighted by molar-refractivity contribution is 5.03. The molecule has 0 spiro atoms. The normalized spacial score (nSPS) is 37.1. The number of likely N-dealkylation sites (tertiary alicyclic amines) is 1. The summed E-state index contributed by atoms with van der Waals surface area (Å²) in [4.78, 5) is 5.16. The van der Waals surface area contributed by atoms with Crippen LogP contribution in [0.2, 0.25) is 0 Å². The van der Waals surface area contributed by atoms with Gasteiger partial charge >= 0.3 is 0 Å². The van der Waals surface area contributed by atoms with Crippen LogP contribution in [-0.2, 0) is 4.74 Å². The highest BCUT2D eigenvalue weighted by atomic mass is 16.5. The van der Waals surface area contributed by atoms with E-state index in [0.717, 1.165) is 26.2 Å². The minimum Gasteiger partial charge on any atom is -0.370 e. The van der Waals surface area contributed by atoms with Gasteiger partial charge in [-0.15, -0.1) is 0 Å². The highest BCUT2D eigenvalue weighted by Crippen LogP contribution is 2.33. The fraction of sp³-hybridized carbons (Fsp3) is 1.00. The molecule has 4 heteroatoms. The van der Waals surface area contributed by atoms with Crippen molar-refractivity contribution in [1.29, 1.82) is 0 Å². The number of hydrogen-bond acceptors (Lipinski definition) is 4. The van der Waals surface area contributed by atoms with E-state index in [1.807, 2.05) is 0 Å². The third kappa shape index (κ3) is 3.13. The minimum atomic E-state index is -0.0644. The second kappa shape index (κ2) is 5.32. The quantitative estimate of drug-likeness (QED) is 0.838. The summed E-state index contributed by atoms with van der Waals surface area (Å²) in [7, 11) is 0. The molecular formula is C15H31N3O. The first kappa shape index (κ1) is 15.2. The Labute approximate surface area is 118 Å². The third-order valence-corrected chi connectivity index (χ3v) is 4.71. The lowest BCUT2D eigenvalue weighted by Gasteiger charge is -2.50. The number of nitrogens with zero attached hydrogens (tertiary/aromatic N) is 2. The Bertz CT molecular complexity index is 319. The summed E-state index contributed by atoms with van der Waals surface area (Å²) in [6, 6.07) is 0.611. The second-order valence-electron chi connectivity index (χ2n) is 7.31. The van der Waals surface area contributed by atoms with Gasteiger partial charge in [0.05, 0.1) is 11.7 Å². The van der Waals surface area contributed by atoms with Crippen LogP contribution in [0.3, 0.4) is 0 Å². The van der Waals surface area contributed by atoms with Gasteiger partial charge in [-0.3, -0.25) is 9.80 Å². The van der Waals surface area contributed by atoms with Crippen molar-refractivity contribution in [2.75, 3.05) is 32.7 Å². The van der Waals surface area contributed by atoms with Crippen molar-refractivity contribution in [3.8, 4) is 0 Å². The molecule has 2 heterocycles. The third-order valence-electron chi connectivity index (χ3n) is 4.71. The van der Waals surface area contributed by atoms with Gasteiger partial charge in [0.25, 0.3) is 0 Å². The number of rotatable bonds is 3.